The molecular weight excluding hydrogens is 248 g/mol. The second-order valence-corrected chi connectivity index (χ2v) is 4.52. The maximum absolute atomic E-state index is 11.5. The SMILES string of the molecule is O=C(O)c1c2ccccc2cc2c(Cl)cccc12. The molecule has 0 unspecified atom stereocenters. The number of fused-ring (bicyclic) bond motifs is 2. The lowest BCUT2D eigenvalue weighted by Crippen LogP contribution is -1.99. The summed E-state index contributed by atoms with van der Waals surface area (Å²) in [7, 11) is 0. The second kappa shape index (κ2) is 4.00. The summed E-state index contributed by atoms with van der Waals surface area (Å²) >= 11 is 6.14. The summed E-state index contributed by atoms with van der Waals surface area (Å²) in [6, 6.07) is 14.7. The number of halogens is 1. The number of aromatic carboxylic acids is 1. The van der Waals surface area contributed by atoms with E-state index in [0.29, 0.717) is 16.0 Å². The van der Waals surface area contributed by atoms with Gasteiger partial charge in [-0.2, -0.15) is 0 Å². The van der Waals surface area contributed by atoms with Gasteiger partial charge in [-0.25, -0.2) is 4.79 Å². The van der Waals surface area contributed by atoms with Crippen molar-refractivity contribution >= 4 is 39.1 Å². The molecule has 2 nitrogen and oxygen atoms in total. The van der Waals surface area contributed by atoms with Crippen molar-refractivity contribution in [3.63, 3.8) is 0 Å². The van der Waals surface area contributed by atoms with Crippen LogP contribution in [0, 0.1) is 0 Å². The molecule has 3 rings (SSSR count). The number of benzene rings is 3. The van der Waals surface area contributed by atoms with Crippen molar-refractivity contribution in [3.8, 4) is 0 Å². The Morgan fingerprint density at radius 1 is 0.944 bits per heavy atom. The normalized spacial score (nSPS) is 10.9. The van der Waals surface area contributed by atoms with Crippen LogP contribution in [0.15, 0.2) is 48.5 Å². The Morgan fingerprint density at radius 2 is 1.67 bits per heavy atom. The summed E-state index contributed by atoms with van der Waals surface area (Å²) in [5.74, 6) is -0.931. The molecular formula is C15H9ClO2. The first-order valence-electron chi connectivity index (χ1n) is 5.52. The summed E-state index contributed by atoms with van der Waals surface area (Å²) in [5.41, 5.74) is 0.311. The molecule has 0 saturated heterocycles. The van der Waals surface area contributed by atoms with Gasteiger partial charge in [-0.05, 0) is 28.3 Å². The minimum Gasteiger partial charge on any atom is -0.478 e. The lowest BCUT2D eigenvalue weighted by Gasteiger charge is -2.08. The highest BCUT2D eigenvalue weighted by Gasteiger charge is 2.14. The zero-order valence-electron chi connectivity index (χ0n) is 9.35. The van der Waals surface area contributed by atoms with Crippen LogP contribution in [-0.4, -0.2) is 11.1 Å². The van der Waals surface area contributed by atoms with Gasteiger partial charge in [0.2, 0.25) is 0 Å². The molecule has 3 aromatic rings. The first-order valence-corrected chi connectivity index (χ1v) is 5.89. The van der Waals surface area contributed by atoms with Crippen molar-refractivity contribution in [2.24, 2.45) is 0 Å². The molecule has 0 saturated carbocycles. The fourth-order valence-corrected chi connectivity index (χ4v) is 2.51. The van der Waals surface area contributed by atoms with E-state index in [9.17, 15) is 9.90 Å². The van der Waals surface area contributed by atoms with Gasteiger partial charge in [0, 0.05) is 10.4 Å². The van der Waals surface area contributed by atoms with E-state index in [1.54, 1.807) is 18.2 Å². The van der Waals surface area contributed by atoms with E-state index in [-0.39, 0.29) is 0 Å². The zero-order chi connectivity index (χ0) is 12.7. The summed E-state index contributed by atoms with van der Waals surface area (Å²) in [6.45, 7) is 0. The minimum atomic E-state index is -0.931. The molecule has 0 atom stereocenters. The number of hydrogen-bond donors (Lipinski definition) is 1. The van der Waals surface area contributed by atoms with Crippen molar-refractivity contribution < 1.29 is 9.90 Å². The number of rotatable bonds is 1. The van der Waals surface area contributed by atoms with Crippen molar-refractivity contribution in [2.45, 2.75) is 0 Å². The van der Waals surface area contributed by atoms with Gasteiger partial charge in [-0.15, -0.1) is 0 Å². The molecule has 1 N–H and O–H groups in total. The van der Waals surface area contributed by atoms with Crippen LogP contribution < -0.4 is 0 Å². The van der Waals surface area contributed by atoms with Crippen LogP contribution in [0.1, 0.15) is 10.4 Å². The Kier molecular flexibility index (Phi) is 2.46. The van der Waals surface area contributed by atoms with E-state index in [1.807, 2.05) is 30.3 Å². The highest BCUT2D eigenvalue weighted by atomic mass is 35.5. The molecule has 0 aliphatic heterocycles. The van der Waals surface area contributed by atoms with E-state index in [4.69, 9.17) is 11.6 Å². The fraction of sp³-hybridized carbons (Fsp3) is 0. The quantitative estimate of drug-likeness (QED) is 0.658. The van der Waals surface area contributed by atoms with Gasteiger partial charge < -0.3 is 5.11 Å². The third kappa shape index (κ3) is 1.54. The van der Waals surface area contributed by atoms with E-state index < -0.39 is 5.97 Å². The number of carboxylic acids is 1. The number of hydrogen-bond acceptors (Lipinski definition) is 1. The van der Waals surface area contributed by atoms with Crippen molar-refractivity contribution in [1.82, 2.24) is 0 Å². The highest BCUT2D eigenvalue weighted by Crippen LogP contribution is 2.32. The van der Waals surface area contributed by atoms with Crippen LogP contribution >= 0.6 is 11.6 Å². The molecule has 0 spiro atoms. The average Bonchev–Trinajstić information content (AvgIpc) is 2.36. The molecule has 3 heteroatoms. The zero-order valence-corrected chi connectivity index (χ0v) is 10.1. The summed E-state index contributed by atoms with van der Waals surface area (Å²) in [4.78, 5) is 11.5. The molecule has 18 heavy (non-hydrogen) atoms. The van der Waals surface area contributed by atoms with Crippen LogP contribution in [0.3, 0.4) is 0 Å². The molecule has 0 aromatic heterocycles. The molecule has 0 aliphatic rings. The lowest BCUT2D eigenvalue weighted by molar-refractivity contribution is 0.0701. The van der Waals surface area contributed by atoms with E-state index in [2.05, 4.69) is 0 Å². The predicted molar refractivity (Wildman–Crippen MR) is 73.4 cm³/mol. The van der Waals surface area contributed by atoms with E-state index in [1.165, 1.54) is 0 Å². The first kappa shape index (κ1) is 11.1. The summed E-state index contributed by atoms with van der Waals surface area (Å²) in [6.07, 6.45) is 0. The lowest BCUT2D eigenvalue weighted by atomic mass is 9.97. The van der Waals surface area contributed by atoms with Crippen molar-refractivity contribution in [3.05, 3.63) is 59.1 Å². The molecule has 0 radical (unpaired) electrons. The molecule has 0 heterocycles. The first-order chi connectivity index (χ1) is 8.68. The fourth-order valence-electron chi connectivity index (χ4n) is 2.28. The average molecular weight is 257 g/mol. The Morgan fingerprint density at radius 3 is 2.44 bits per heavy atom. The van der Waals surface area contributed by atoms with Crippen LogP contribution in [0.25, 0.3) is 21.5 Å². The number of carbonyl (C=O) groups is 1. The summed E-state index contributed by atoms with van der Waals surface area (Å²) in [5, 5.41) is 13.1. The highest BCUT2D eigenvalue weighted by molar-refractivity contribution is 6.36. The molecule has 0 bridgehead atoms. The molecule has 0 amide bonds. The second-order valence-electron chi connectivity index (χ2n) is 4.11. The Labute approximate surface area is 108 Å². The maximum Gasteiger partial charge on any atom is 0.336 e. The van der Waals surface area contributed by atoms with Gasteiger partial charge in [0.15, 0.2) is 0 Å². The van der Waals surface area contributed by atoms with Gasteiger partial charge in [0.25, 0.3) is 0 Å². The Hall–Kier alpha value is -2.06. The van der Waals surface area contributed by atoms with Gasteiger partial charge >= 0.3 is 5.97 Å². The van der Waals surface area contributed by atoms with Crippen LogP contribution in [-0.2, 0) is 0 Å². The van der Waals surface area contributed by atoms with E-state index >= 15 is 0 Å². The Balaban J connectivity index is 2.63. The minimum absolute atomic E-state index is 0.311. The monoisotopic (exact) mass is 256 g/mol. The topological polar surface area (TPSA) is 37.3 Å². The smallest absolute Gasteiger partial charge is 0.336 e. The van der Waals surface area contributed by atoms with Crippen molar-refractivity contribution in [2.75, 3.05) is 0 Å². The standard InChI is InChI=1S/C15H9ClO2/c16-13-7-3-6-11-12(13)8-9-4-1-2-5-10(9)14(11)15(17)18/h1-8H,(H,17,18). The molecule has 0 aliphatic carbocycles. The third-order valence-electron chi connectivity index (χ3n) is 3.07. The van der Waals surface area contributed by atoms with Crippen molar-refractivity contribution in [1.29, 1.82) is 0 Å². The number of carboxylic acid groups (broad SMARTS) is 1. The summed E-state index contributed by atoms with van der Waals surface area (Å²) < 4.78 is 0. The molecule has 88 valence electrons. The van der Waals surface area contributed by atoms with Gasteiger partial charge in [0.1, 0.15) is 0 Å². The molecule has 0 fully saturated rings. The Bertz CT molecular complexity index is 778. The van der Waals surface area contributed by atoms with E-state index in [0.717, 1.165) is 16.2 Å². The molecule has 3 aromatic carbocycles. The third-order valence-corrected chi connectivity index (χ3v) is 3.40. The van der Waals surface area contributed by atoms with Gasteiger partial charge in [-0.1, -0.05) is 48.0 Å². The maximum atomic E-state index is 11.5. The van der Waals surface area contributed by atoms with Gasteiger partial charge in [-0.3, -0.25) is 0 Å². The van der Waals surface area contributed by atoms with Crippen LogP contribution in [0.2, 0.25) is 5.02 Å². The predicted octanol–water partition coefficient (Wildman–Crippen LogP) is 4.34. The van der Waals surface area contributed by atoms with Crippen LogP contribution in [0.4, 0.5) is 0 Å². The van der Waals surface area contributed by atoms with Gasteiger partial charge in [0.05, 0.1) is 5.56 Å². The van der Waals surface area contributed by atoms with Crippen LogP contribution in [0.5, 0.6) is 0 Å². The largest absolute Gasteiger partial charge is 0.478 e.